The largest absolute Gasteiger partial charge is 0.416 e. The van der Waals surface area contributed by atoms with E-state index in [1.165, 1.54) is 0 Å². The lowest BCUT2D eigenvalue weighted by Crippen LogP contribution is -2.06. The van der Waals surface area contributed by atoms with Crippen LogP contribution in [0.2, 0.25) is 5.02 Å². The third-order valence-corrected chi connectivity index (χ3v) is 1.66. The van der Waals surface area contributed by atoms with Crippen LogP contribution in [0, 0.1) is 5.82 Å². The molecule has 0 fully saturated rings. The fraction of sp³-hybridized carbons (Fsp3) is 0.143. The van der Waals surface area contributed by atoms with Crippen molar-refractivity contribution >= 4 is 17.3 Å². The van der Waals surface area contributed by atoms with Gasteiger partial charge >= 0.3 is 6.18 Å². The molecule has 0 bridgehead atoms. The van der Waals surface area contributed by atoms with Gasteiger partial charge in [0.2, 0.25) is 0 Å². The first-order valence-electron chi connectivity index (χ1n) is 3.14. The summed E-state index contributed by atoms with van der Waals surface area (Å²) in [4.78, 5) is 0. The van der Waals surface area contributed by atoms with Gasteiger partial charge in [-0.3, -0.25) is 0 Å². The summed E-state index contributed by atoms with van der Waals surface area (Å²) < 4.78 is 48.8. The summed E-state index contributed by atoms with van der Waals surface area (Å²) in [5, 5.41) is -0.632. The Morgan fingerprint density at radius 2 is 1.77 bits per heavy atom. The second-order valence-corrected chi connectivity index (χ2v) is 2.77. The minimum atomic E-state index is -4.56. The molecule has 13 heavy (non-hydrogen) atoms. The fourth-order valence-corrected chi connectivity index (χ4v) is 1.00. The van der Waals surface area contributed by atoms with Crippen molar-refractivity contribution in [1.82, 2.24) is 0 Å². The van der Waals surface area contributed by atoms with Crippen LogP contribution < -0.4 is 5.73 Å². The lowest BCUT2D eigenvalue weighted by atomic mass is 10.2. The van der Waals surface area contributed by atoms with E-state index in [-0.39, 0.29) is 0 Å². The summed E-state index contributed by atoms with van der Waals surface area (Å²) in [5.74, 6) is -1.03. The molecule has 1 aromatic rings. The average Bonchev–Trinajstić information content (AvgIpc) is 1.97. The van der Waals surface area contributed by atoms with Crippen LogP contribution in [-0.2, 0) is 6.18 Å². The maximum atomic E-state index is 12.7. The second kappa shape index (κ2) is 3.06. The van der Waals surface area contributed by atoms with Crippen molar-refractivity contribution in [2.45, 2.75) is 6.18 Å². The molecule has 0 radical (unpaired) electrons. The number of hydrogen-bond donors (Lipinski definition) is 1. The van der Waals surface area contributed by atoms with Crippen LogP contribution in [0.25, 0.3) is 0 Å². The molecule has 0 heterocycles. The number of benzene rings is 1. The predicted octanol–water partition coefficient (Wildman–Crippen LogP) is 3.08. The Kier molecular flexibility index (Phi) is 2.38. The molecular weight excluding hydrogens is 210 g/mol. The molecule has 0 aliphatic heterocycles. The number of nitrogen functional groups attached to an aromatic ring is 1. The summed E-state index contributed by atoms with van der Waals surface area (Å²) in [6.07, 6.45) is -4.56. The topological polar surface area (TPSA) is 26.0 Å². The summed E-state index contributed by atoms with van der Waals surface area (Å²) in [6.45, 7) is 0. The van der Waals surface area contributed by atoms with Crippen LogP contribution >= 0.6 is 11.6 Å². The third kappa shape index (κ3) is 2.03. The Bertz CT molecular complexity index is 311. The van der Waals surface area contributed by atoms with Crippen molar-refractivity contribution in [2.24, 2.45) is 0 Å². The van der Waals surface area contributed by atoms with Crippen molar-refractivity contribution in [1.29, 1.82) is 0 Å². The van der Waals surface area contributed by atoms with E-state index >= 15 is 0 Å². The molecular formula is C7H4ClF4N. The molecule has 0 amide bonds. The first-order valence-corrected chi connectivity index (χ1v) is 3.52. The van der Waals surface area contributed by atoms with Gasteiger partial charge in [-0.15, -0.1) is 0 Å². The molecule has 0 spiro atoms. The minimum absolute atomic E-state index is 0.493. The van der Waals surface area contributed by atoms with Crippen molar-refractivity contribution in [3.63, 3.8) is 0 Å². The van der Waals surface area contributed by atoms with E-state index in [1.807, 2.05) is 0 Å². The number of alkyl halides is 3. The Hall–Kier alpha value is -0.970. The maximum Gasteiger partial charge on any atom is 0.416 e. The van der Waals surface area contributed by atoms with E-state index in [0.717, 1.165) is 0 Å². The number of hydrogen-bond acceptors (Lipinski definition) is 1. The third-order valence-electron chi connectivity index (χ3n) is 1.38. The summed E-state index contributed by atoms with van der Waals surface area (Å²) in [6, 6.07) is 0.995. The molecule has 2 N–H and O–H groups in total. The Labute approximate surface area is 76.1 Å². The lowest BCUT2D eigenvalue weighted by Gasteiger charge is -2.08. The molecule has 0 atom stereocenters. The summed E-state index contributed by atoms with van der Waals surface area (Å²) in [7, 11) is 0. The number of nitrogens with two attached hydrogens (primary N) is 1. The summed E-state index contributed by atoms with van der Waals surface area (Å²) in [5.41, 5.74) is 3.29. The number of anilines is 1. The van der Waals surface area contributed by atoms with Crippen LogP contribution in [0.1, 0.15) is 5.56 Å². The van der Waals surface area contributed by atoms with Gasteiger partial charge in [0.05, 0.1) is 16.3 Å². The Morgan fingerprint density at radius 3 is 2.15 bits per heavy atom. The number of rotatable bonds is 0. The molecule has 0 aromatic heterocycles. The van der Waals surface area contributed by atoms with Gasteiger partial charge in [-0.25, -0.2) is 4.39 Å². The molecule has 0 saturated heterocycles. The average molecular weight is 214 g/mol. The van der Waals surface area contributed by atoms with Gasteiger partial charge in [0.15, 0.2) is 5.82 Å². The van der Waals surface area contributed by atoms with Gasteiger partial charge in [0.25, 0.3) is 0 Å². The van der Waals surface area contributed by atoms with Crippen molar-refractivity contribution < 1.29 is 17.6 Å². The van der Waals surface area contributed by atoms with E-state index in [2.05, 4.69) is 0 Å². The van der Waals surface area contributed by atoms with Gasteiger partial charge in [0.1, 0.15) is 0 Å². The Morgan fingerprint density at radius 1 is 1.23 bits per heavy atom. The van der Waals surface area contributed by atoms with E-state index in [0.29, 0.717) is 12.1 Å². The smallest absolute Gasteiger partial charge is 0.396 e. The SMILES string of the molecule is Nc1cc(C(F)(F)F)cc(Cl)c1F. The molecule has 6 heteroatoms. The molecule has 1 rings (SSSR count). The normalized spacial score (nSPS) is 11.8. The van der Waals surface area contributed by atoms with E-state index in [1.54, 1.807) is 0 Å². The van der Waals surface area contributed by atoms with Gasteiger partial charge in [0, 0.05) is 0 Å². The van der Waals surface area contributed by atoms with E-state index < -0.39 is 28.3 Å². The molecule has 0 aliphatic rings. The first kappa shape index (κ1) is 10.1. The monoisotopic (exact) mass is 213 g/mol. The second-order valence-electron chi connectivity index (χ2n) is 2.36. The van der Waals surface area contributed by atoms with Crippen LogP contribution in [-0.4, -0.2) is 0 Å². The van der Waals surface area contributed by atoms with Crippen LogP contribution in [0.15, 0.2) is 12.1 Å². The molecule has 1 aromatic carbocycles. The molecule has 1 nitrogen and oxygen atoms in total. The van der Waals surface area contributed by atoms with Crippen LogP contribution in [0.4, 0.5) is 23.2 Å². The van der Waals surface area contributed by atoms with Crippen molar-refractivity contribution in [3.05, 3.63) is 28.5 Å². The highest BCUT2D eigenvalue weighted by molar-refractivity contribution is 6.31. The highest BCUT2D eigenvalue weighted by Gasteiger charge is 2.31. The maximum absolute atomic E-state index is 12.7. The predicted molar refractivity (Wildman–Crippen MR) is 40.8 cm³/mol. The van der Waals surface area contributed by atoms with Crippen molar-refractivity contribution in [3.8, 4) is 0 Å². The van der Waals surface area contributed by atoms with E-state index in [9.17, 15) is 17.6 Å². The lowest BCUT2D eigenvalue weighted by molar-refractivity contribution is -0.137. The molecule has 0 unspecified atom stereocenters. The fourth-order valence-electron chi connectivity index (χ4n) is 0.774. The highest BCUT2D eigenvalue weighted by atomic mass is 35.5. The quantitative estimate of drug-likeness (QED) is 0.520. The van der Waals surface area contributed by atoms with Gasteiger partial charge in [-0.05, 0) is 12.1 Å². The standard InChI is InChI=1S/C7H4ClF4N/c8-4-1-3(7(10,11)12)2-5(13)6(4)9/h1-2H,13H2. The zero-order valence-corrected chi connectivity index (χ0v) is 6.88. The van der Waals surface area contributed by atoms with Crippen LogP contribution in [0.3, 0.4) is 0 Å². The Balaban J connectivity index is 3.29. The van der Waals surface area contributed by atoms with Crippen molar-refractivity contribution in [2.75, 3.05) is 5.73 Å². The van der Waals surface area contributed by atoms with E-state index in [4.69, 9.17) is 17.3 Å². The zero-order valence-electron chi connectivity index (χ0n) is 6.12. The highest BCUT2D eigenvalue weighted by Crippen LogP contribution is 2.34. The zero-order chi connectivity index (χ0) is 10.2. The van der Waals surface area contributed by atoms with Crippen LogP contribution in [0.5, 0.6) is 0 Å². The summed E-state index contributed by atoms with van der Waals surface area (Å²) >= 11 is 5.17. The number of halogens is 5. The van der Waals surface area contributed by atoms with Gasteiger partial charge < -0.3 is 5.73 Å². The molecule has 0 saturated carbocycles. The van der Waals surface area contributed by atoms with Gasteiger partial charge in [-0.1, -0.05) is 11.6 Å². The minimum Gasteiger partial charge on any atom is -0.396 e. The van der Waals surface area contributed by atoms with Gasteiger partial charge in [-0.2, -0.15) is 13.2 Å². The molecule has 72 valence electrons. The molecule has 0 aliphatic carbocycles. The first-order chi connectivity index (χ1) is 5.82.